The second kappa shape index (κ2) is 5.81. The first-order chi connectivity index (χ1) is 8.12. The molecule has 0 heterocycles. The van der Waals surface area contributed by atoms with Crippen molar-refractivity contribution in [3.8, 4) is 0 Å². The highest BCUT2D eigenvalue weighted by molar-refractivity contribution is 4.90. The SMILES string of the molecule is CC(C)CC(C)CC1(O)CCCC(C(F)(F)F)C1. The predicted octanol–water partition coefficient (Wildman–Crippen LogP) is 4.54. The minimum atomic E-state index is -4.16. The molecule has 108 valence electrons. The third kappa shape index (κ3) is 4.79. The minimum absolute atomic E-state index is 0.112. The molecule has 3 atom stereocenters. The molecule has 1 aliphatic carbocycles. The molecular weight excluding hydrogens is 241 g/mol. The van der Waals surface area contributed by atoms with Gasteiger partial charge in [0.15, 0.2) is 0 Å². The van der Waals surface area contributed by atoms with E-state index < -0.39 is 17.7 Å². The lowest BCUT2D eigenvalue weighted by atomic mass is 9.73. The van der Waals surface area contributed by atoms with Gasteiger partial charge in [0.1, 0.15) is 0 Å². The number of alkyl halides is 3. The van der Waals surface area contributed by atoms with Crippen LogP contribution in [0.15, 0.2) is 0 Å². The maximum absolute atomic E-state index is 12.7. The second-order valence-corrected chi connectivity index (χ2v) is 6.50. The van der Waals surface area contributed by atoms with E-state index in [2.05, 4.69) is 13.8 Å². The zero-order chi connectivity index (χ0) is 14.0. The van der Waals surface area contributed by atoms with Gasteiger partial charge in [0.05, 0.1) is 11.5 Å². The molecule has 0 spiro atoms. The summed E-state index contributed by atoms with van der Waals surface area (Å²) in [6.45, 7) is 6.22. The molecule has 0 bridgehead atoms. The largest absolute Gasteiger partial charge is 0.391 e. The Bertz CT molecular complexity index is 262. The molecule has 4 heteroatoms. The quantitative estimate of drug-likeness (QED) is 0.792. The predicted molar refractivity (Wildman–Crippen MR) is 66.2 cm³/mol. The highest BCUT2D eigenvalue weighted by atomic mass is 19.4. The lowest BCUT2D eigenvalue weighted by Crippen LogP contribution is -2.41. The van der Waals surface area contributed by atoms with Gasteiger partial charge in [-0.05, 0) is 50.4 Å². The molecule has 3 unspecified atom stereocenters. The zero-order valence-electron chi connectivity index (χ0n) is 11.6. The third-order valence-electron chi connectivity index (χ3n) is 3.89. The number of hydrogen-bond donors (Lipinski definition) is 1. The van der Waals surface area contributed by atoms with Crippen LogP contribution in [0.3, 0.4) is 0 Å². The van der Waals surface area contributed by atoms with Crippen molar-refractivity contribution in [3.05, 3.63) is 0 Å². The molecule has 1 N–H and O–H groups in total. The van der Waals surface area contributed by atoms with Gasteiger partial charge in [-0.1, -0.05) is 20.8 Å². The van der Waals surface area contributed by atoms with Crippen LogP contribution in [0.4, 0.5) is 13.2 Å². The van der Waals surface area contributed by atoms with Crippen molar-refractivity contribution in [1.82, 2.24) is 0 Å². The molecule has 0 amide bonds. The van der Waals surface area contributed by atoms with E-state index in [1.807, 2.05) is 6.92 Å². The van der Waals surface area contributed by atoms with Gasteiger partial charge in [0.2, 0.25) is 0 Å². The summed E-state index contributed by atoms with van der Waals surface area (Å²) in [5.74, 6) is -0.518. The molecule has 1 nitrogen and oxygen atoms in total. The van der Waals surface area contributed by atoms with Gasteiger partial charge in [-0.2, -0.15) is 13.2 Å². The van der Waals surface area contributed by atoms with Crippen molar-refractivity contribution in [2.24, 2.45) is 17.8 Å². The maximum Gasteiger partial charge on any atom is 0.391 e. The summed E-state index contributed by atoms with van der Waals surface area (Å²) < 4.78 is 38.2. The van der Waals surface area contributed by atoms with Crippen LogP contribution in [0.25, 0.3) is 0 Å². The van der Waals surface area contributed by atoms with E-state index in [1.54, 1.807) is 0 Å². The van der Waals surface area contributed by atoms with Crippen molar-refractivity contribution in [3.63, 3.8) is 0 Å². The number of hydrogen-bond acceptors (Lipinski definition) is 1. The molecular formula is C14H25F3O. The van der Waals surface area contributed by atoms with E-state index in [0.29, 0.717) is 25.2 Å². The molecule has 18 heavy (non-hydrogen) atoms. The third-order valence-corrected chi connectivity index (χ3v) is 3.89. The van der Waals surface area contributed by atoms with E-state index in [9.17, 15) is 18.3 Å². The van der Waals surface area contributed by atoms with Crippen molar-refractivity contribution in [2.75, 3.05) is 0 Å². The summed E-state index contributed by atoms with van der Waals surface area (Å²) >= 11 is 0. The highest BCUT2D eigenvalue weighted by Crippen LogP contribution is 2.44. The van der Waals surface area contributed by atoms with Crippen LogP contribution < -0.4 is 0 Å². The van der Waals surface area contributed by atoms with Gasteiger partial charge in [-0.15, -0.1) is 0 Å². The Morgan fingerprint density at radius 2 is 1.89 bits per heavy atom. The normalized spacial score (nSPS) is 31.7. The average Bonchev–Trinajstić information content (AvgIpc) is 2.13. The Hall–Kier alpha value is -0.250. The summed E-state index contributed by atoms with van der Waals surface area (Å²) in [5.41, 5.74) is -1.10. The number of halogens is 3. The van der Waals surface area contributed by atoms with Gasteiger partial charge in [0, 0.05) is 0 Å². The Morgan fingerprint density at radius 3 is 2.39 bits per heavy atom. The van der Waals surface area contributed by atoms with E-state index >= 15 is 0 Å². The van der Waals surface area contributed by atoms with E-state index in [-0.39, 0.29) is 18.8 Å². The van der Waals surface area contributed by atoms with Crippen LogP contribution in [0, 0.1) is 17.8 Å². The summed E-state index contributed by atoms with van der Waals surface area (Å²) in [7, 11) is 0. The van der Waals surface area contributed by atoms with Gasteiger partial charge in [0.25, 0.3) is 0 Å². The molecule has 0 aromatic heterocycles. The van der Waals surface area contributed by atoms with Gasteiger partial charge in [-0.3, -0.25) is 0 Å². The van der Waals surface area contributed by atoms with Gasteiger partial charge in [-0.25, -0.2) is 0 Å². The van der Waals surface area contributed by atoms with E-state index in [0.717, 1.165) is 6.42 Å². The molecule has 0 aromatic rings. The van der Waals surface area contributed by atoms with E-state index in [1.165, 1.54) is 0 Å². The van der Waals surface area contributed by atoms with Crippen LogP contribution >= 0.6 is 0 Å². The minimum Gasteiger partial charge on any atom is -0.390 e. The Morgan fingerprint density at radius 1 is 1.28 bits per heavy atom. The van der Waals surface area contributed by atoms with Crippen LogP contribution in [-0.4, -0.2) is 16.9 Å². The molecule has 0 saturated heterocycles. The molecule has 1 saturated carbocycles. The molecule has 1 fully saturated rings. The molecule has 0 radical (unpaired) electrons. The number of rotatable bonds is 4. The fraction of sp³-hybridized carbons (Fsp3) is 1.00. The lowest BCUT2D eigenvalue weighted by Gasteiger charge is -2.39. The highest BCUT2D eigenvalue weighted by Gasteiger charge is 2.47. The van der Waals surface area contributed by atoms with Crippen LogP contribution in [0.1, 0.15) is 59.3 Å². The van der Waals surface area contributed by atoms with Crippen LogP contribution in [-0.2, 0) is 0 Å². The monoisotopic (exact) mass is 266 g/mol. The molecule has 0 aromatic carbocycles. The van der Waals surface area contributed by atoms with Crippen molar-refractivity contribution >= 4 is 0 Å². The van der Waals surface area contributed by atoms with Crippen molar-refractivity contribution in [1.29, 1.82) is 0 Å². The molecule has 1 aliphatic rings. The number of aliphatic hydroxyl groups is 1. The maximum atomic E-state index is 12.7. The summed E-state index contributed by atoms with van der Waals surface area (Å²) in [5, 5.41) is 10.4. The molecule has 0 aliphatic heterocycles. The van der Waals surface area contributed by atoms with Gasteiger partial charge >= 0.3 is 6.18 Å². The lowest BCUT2D eigenvalue weighted by molar-refractivity contribution is -0.202. The van der Waals surface area contributed by atoms with Crippen molar-refractivity contribution < 1.29 is 18.3 Å². The van der Waals surface area contributed by atoms with Crippen LogP contribution in [0.2, 0.25) is 0 Å². The Kier molecular flexibility index (Phi) is 5.10. The molecule has 1 rings (SSSR count). The van der Waals surface area contributed by atoms with Crippen LogP contribution in [0.5, 0.6) is 0 Å². The van der Waals surface area contributed by atoms with Gasteiger partial charge < -0.3 is 5.11 Å². The fourth-order valence-corrected chi connectivity index (χ4v) is 3.34. The Balaban J connectivity index is 2.57. The van der Waals surface area contributed by atoms with Crippen molar-refractivity contribution in [2.45, 2.75) is 71.1 Å². The summed E-state index contributed by atoms with van der Waals surface area (Å²) in [6.07, 6.45) is -1.65. The topological polar surface area (TPSA) is 20.2 Å². The fourth-order valence-electron chi connectivity index (χ4n) is 3.34. The van der Waals surface area contributed by atoms with E-state index in [4.69, 9.17) is 0 Å². The summed E-state index contributed by atoms with van der Waals surface area (Å²) in [4.78, 5) is 0. The first kappa shape index (κ1) is 15.8. The standard InChI is InChI=1S/C14H25F3O/c1-10(2)7-11(3)8-13(18)6-4-5-12(9-13)14(15,16)17/h10-12,18H,4-9H2,1-3H3. The zero-order valence-corrected chi connectivity index (χ0v) is 11.6. The first-order valence-corrected chi connectivity index (χ1v) is 6.91. The average molecular weight is 266 g/mol. The Labute approximate surface area is 108 Å². The smallest absolute Gasteiger partial charge is 0.390 e. The second-order valence-electron chi connectivity index (χ2n) is 6.50. The summed E-state index contributed by atoms with van der Waals surface area (Å²) in [6, 6.07) is 0. The first-order valence-electron chi connectivity index (χ1n) is 6.91.